The molecule has 1 aromatic rings. The molecule has 0 aromatic heterocycles. The number of hydrogen-bond donors (Lipinski definition) is 0. The maximum absolute atomic E-state index is 13.4. The van der Waals surface area contributed by atoms with Gasteiger partial charge in [0.05, 0.1) is 17.7 Å². The van der Waals surface area contributed by atoms with Gasteiger partial charge in [0.2, 0.25) is 0 Å². The van der Waals surface area contributed by atoms with E-state index < -0.39 is 29.1 Å². The lowest BCUT2D eigenvalue weighted by Crippen LogP contribution is -2.14. The predicted octanol–water partition coefficient (Wildman–Crippen LogP) is 3.67. The summed E-state index contributed by atoms with van der Waals surface area (Å²) in [6.45, 7) is 1.37. The molecule has 17 heavy (non-hydrogen) atoms. The van der Waals surface area contributed by atoms with Crippen molar-refractivity contribution in [2.24, 2.45) is 0 Å². The van der Waals surface area contributed by atoms with E-state index in [4.69, 9.17) is 11.6 Å². The summed E-state index contributed by atoms with van der Waals surface area (Å²) in [4.78, 5) is 11.2. The van der Waals surface area contributed by atoms with E-state index in [9.17, 15) is 22.4 Å². The molecule has 0 bridgehead atoms. The molecule has 0 spiro atoms. The number of halogens is 5. The summed E-state index contributed by atoms with van der Waals surface area (Å²) in [5, 5.41) is -0.387. The second-order valence-electron chi connectivity index (χ2n) is 3.03. The zero-order valence-electron chi connectivity index (χ0n) is 8.57. The molecule has 0 atom stereocenters. The molecule has 1 rings (SSSR count). The van der Waals surface area contributed by atoms with Gasteiger partial charge in [-0.3, -0.25) is 0 Å². The lowest BCUT2D eigenvalue weighted by molar-refractivity contribution is -0.140. The zero-order chi connectivity index (χ0) is 13.2. The van der Waals surface area contributed by atoms with Crippen LogP contribution >= 0.6 is 11.6 Å². The van der Waals surface area contributed by atoms with E-state index in [0.717, 1.165) is 6.07 Å². The van der Waals surface area contributed by atoms with E-state index in [1.165, 1.54) is 6.92 Å². The molecule has 0 N–H and O–H groups in total. The molecule has 0 radical (unpaired) electrons. The Morgan fingerprint density at radius 2 is 2.00 bits per heavy atom. The monoisotopic (exact) mass is 270 g/mol. The molecule has 94 valence electrons. The highest BCUT2D eigenvalue weighted by Gasteiger charge is 2.36. The van der Waals surface area contributed by atoms with Crippen molar-refractivity contribution in [1.29, 1.82) is 0 Å². The third-order valence-electron chi connectivity index (χ3n) is 1.84. The first-order chi connectivity index (χ1) is 7.77. The Labute approximate surface area is 99.1 Å². The van der Waals surface area contributed by atoms with Crippen molar-refractivity contribution in [3.05, 3.63) is 34.1 Å². The average Bonchev–Trinajstić information content (AvgIpc) is 2.19. The molecule has 0 saturated carbocycles. The van der Waals surface area contributed by atoms with E-state index in [0.29, 0.717) is 6.07 Å². The Morgan fingerprint density at radius 3 is 2.47 bits per heavy atom. The average molecular weight is 271 g/mol. The number of esters is 1. The van der Waals surface area contributed by atoms with Gasteiger partial charge in [-0.25, -0.2) is 9.18 Å². The zero-order valence-corrected chi connectivity index (χ0v) is 9.32. The maximum atomic E-state index is 13.4. The van der Waals surface area contributed by atoms with Gasteiger partial charge in [0, 0.05) is 5.02 Å². The number of ether oxygens (including phenoxy) is 1. The van der Waals surface area contributed by atoms with Crippen LogP contribution in [-0.2, 0) is 10.9 Å². The normalized spacial score (nSPS) is 11.4. The fourth-order valence-electron chi connectivity index (χ4n) is 1.15. The van der Waals surface area contributed by atoms with Gasteiger partial charge < -0.3 is 4.74 Å². The van der Waals surface area contributed by atoms with Crippen molar-refractivity contribution in [3.8, 4) is 0 Å². The molecule has 0 aliphatic carbocycles. The van der Waals surface area contributed by atoms with Crippen molar-refractivity contribution >= 4 is 17.6 Å². The summed E-state index contributed by atoms with van der Waals surface area (Å²) in [7, 11) is 0. The molecule has 0 aliphatic heterocycles. The lowest BCUT2D eigenvalue weighted by atomic mass is 10.1. The minimum absolute atomic E-state index is 0.0772. The van der Waals surface area contributed by atoms with Crippen molar-refractivity contribution in [1.82, 2.24) is 0 Å². The van der Waals surface area contributed by atoms with Crippen molar-refractivity contribution in [2.75, 3.05) is 6.61 Å². The third kappa shape index (κ3) is 3.09. The standard InChI is InChI=1S/C10H7ClF4O2/c1-2-17-9(16)6-3-5(11)4-7(8(6)12)10(13,14)15/h3-4H,2H2,1H3. The first-order valence-corrected chi connectivity index (χ1v) is 4.88. The molecule has 0 aliphatic rings. The van der Waals surface area contributed by atoms with Gasteiger partial charge in [0.1, 0.15) is 5.82 Å². The van der Waals surface area contributed by atoms with Gasteiger partial charge in [-0.05, 0) is 19.1 Å². The van der Waals surface area contributed by atoms with Crippen LogP contribution in [0.4, 0.5) is 17.6 Å². The molecular weight excluding hydrogens is 264 g/mol. The van der Waals surface area contributed by atoms with Crippen LogP contribution in [0, 0.1) is 5.82 Å². The summed E-state index contributed by atoms with van der Waals surface area (Å²) < 4.78 is 55.1. The Morgan fingerprint density at radius 1 is 1.41 bits per heavy atom. The quantitative estimate of drug-likeness (QED) is 0.605. The topological polar surface area (TPSA) is 26.3 Å². The second-order valence-corrected chi connectivity index (χ2v) is 3.47. The number of carbonyl (C=O) groups excluding carboxylic acids is 1. The third-order valence-corrected chi connectivity index (χ3v) is 2.06. The Hall–Kier alpha value is -1.30. The molecule has 7 heteroatoms. The SMILES string of the molecule is CCOC(=O)c1cc(Cl)cc(C(F)(F)F)c1F. The number of carbonyl (C=O) groups is 1. The summed E-state index contributed by atoms with van der Waals surface area (Å²) >= 11 is 5.40. The molecular formula is C10H7ClF4O2. The predicted molar refractivity (Wildman–Crippen MR) is 52.4 cm³/mol. The summed E-state index contributed by atoms with van der Waals surface area (Å²) in [5.41, 5.74) is -2.42. The van der Waals surface area contributed by atoms with Crippen LogP contribution in [0.2, 0.25) is 5.02 Å². The fourth-order valence-corrected chi connectivity index (χ4v) is 1.37. The maximum Gasteiger partial charge on any atom is 0.419 e. The largest absolute Gasteiger partial charge is 0.462 e. The Balaban J connectivity index is 3.34. The van der Waals surface area contributed by atoms with Crippen molar-refractivity contribution in [2.45, 2.75) is 13.1 Å². The molecule has 0 amide bonds. The van der Waals surface area contributed by atoms with E-state index in [-0.39, 0.29) is 11.6 Å². The lowest BCUT2D eigenvalue weighted by Gasteiger charge is -2.11. The minimum atomic E-state index is -4.92. The molecule has 1 aromatic carbocycles. The van der Waals surface area contributed by atoms with Gasteiger partial charge in [-0.15, -0.1) is 0 Å². The minimum Gasteiger partial charge on any atom is -0.462 e. The first-order valence-electron chi connectivity index (χ1n) is 4.50. The van der Waals surface area contributed by atoms with Crippen LogP contribution in [0.5, 0.6) is 0 Å². The number of benzene rings is 1. The Bertz CT molecular complexity index is 443. The Kier molecular flexibility index (Phi) is 3.98. The molecule has 0 heterocycles. The van der Waals surface area contributed by atoms with Crippen LogP contribution in [0.25, 0.3) is 0 Å². The van der Waals surface area contributed by atoms with Crippen LogP contribution < -0.4 is 0 Å². The van der Waals surface area contributed by atoms with Gasteiger partial charge in [0.25, 0.3) is 0 Å². The highest BCUT2D eigenvalue weighted by atomic mass is 35.5. The van der Waals surface area contributed by atoms with Crippen molar-refractivity contribution in [3.63, 3.8) is 0 Å². The summed E-state index contributed by atoms with van der Waals surface area (Å²) in [6, 6.07) is 1.21. The van der Waals surface area contributed by atoms with Crippen LogP contribution in [0.15, 0.2) is 12.1 Å². The number of hydrogen-bond acceptors (Lipinski definition) is 2. The van der Waals surface area contributed by atoms with E-state index in [1.807, 2.05) is 0 Å². The highest BCUT2D eigenvalue weighted by Crippen LogP contribution is 2.34. The van der Waals surface area contributed by atoms with Gasteiger partial charge in [0.15, 0.2) is 0 Å². The summed E-state index contributed by atoms with van der Waals surface area (Å²) in [6.07, 6.45) is -4.92. The van der Waals surface area contributed by atoms with Gasteiger partial charge in [-0.2, -0.15) is 13.2 Å². The van der Waals surface area contributed by atoms with Gasteiger partial charge in [-0.1, -0.05) is 11.6 Å². The van der Waals surface area contributed by atoms with Crippen LogP contribution in [-0.4, -0.2) is 12.6 Å². The van der Waals surface area contributed by atoms with Crippen LogP contribution in [0.3, 0.4) is 0 Å². The smallest absolute Gasteiger partial charge is 0.419 e. The second kappa shape index (κ2) is 4.91. The van der Waals surface area contributed by atoms with Crippen LogP contribution in [0.1, 0.15) is 22.8 Å². The molecule has 2 nitrogen and oxygen atoms in total. The van der Waals surface area contributed by atoms with Crippen molar-refractivity contribution < 1.29 is 27.1 Å². The van der Waals surface area contributed by atoms with E-state index >= 15 is 0 Å². The van der Waals surface area contributed by atoms with E-state index in [2.05, 4.69) is 4.74 Å². The fraction of sp³-hybridized carbons (Fsp3) is 0.300. The highest BCUT2D eigenvalue weighted by molar-refractivity contribution is 6.31. The van der Waals surface area contributed by atoms with Gasteiger partial charge >= 0.3 is 12.1 Å². The number of rotatable bonds is 2. The molecule has 0 saturated heterocycles. The number of alkyl halides is 3. The summed E-state index contributed by atoms with van der Waals surface area (Å²) in [5.74, 6) is -2.86. The molecule has 0 unspecified atom stereocenters. The molecule has 0 fully saturated rings. The first kappa shape index (κ1) is 13.8. The van der Waals surface area contributed by atoms with E-state index in [1.54, 1.807) is 0 Å².